The van der Waals surface area contributed by atoms with Gasteiger partial charge in [0.05, 0.1) is 5.92 Å². The van der Waals surface area contributed by atoms with Crippen LogP contribution in [0.3, 0.4) is 0 Å². The number of aliphatic carboxylic acids is 1. The molecule has 0 radical (unpaired) electrons. The van der Waals surface area contributed by atoms with E-state index >= 15 is 0 Å². The van der Waals surface area contributed by atoms with Crippen molar-refractivity contribution in [1.82, 2.24) is 0 Å². The summed E-state index contributed by atoms with van der Waals surface area (Å²) in [5.41, 5.74) is 0.687. The fraction of sp³-hybridized carbons (Fsp3) is 0.364. The van der Waals surface area contributed by atoms with Crippen molar-refractivity contribution in [3.8, 4) is 5.75 Å². The van der Waals surface area contributed by atoms with Crippen molar-refractivity contribution in [1.29, 1.82) is 0 Å². The summed E-state index contributed by atoms with van der Waals surface area (Å²) in [4.78, 5) is 11.0. The molecule has 0 aliphatic rings. The van der Waals surface area contributed by atoms with Gasteiger partial charge in [0.25, 0.3) is 0 Å². The van der Waals surface area contributed by atoms with Gasteiger partial charge in [0.15, 0.2) is 3.79 Å². The van der Waals surface area contributed by atoms with Gasteiger partial charge in [0.2, 0.25) is 0 Å². The van der Waals surface area contributed by atoms with Gasteiger partial charge >= 0.3 is 5.97 Å². The van der Waals surface area contributed by atoms with Gasteiger partial charge in [0.1, 0.15) is 5.75 Å². The van der Waals surface area contributed by atoms with E-state index in [-0.39, 0.29) is 18.6 Å². The van der Waals surface area contributed by atoms with E-state index in [9.17, 15) is 9.90 Å². The van der Waals surface area contributed by atoms with Crippen LogP contribution in [0, 0.1) is 5.92 Å². The van der Waals surface area contributed by atoms with Crippen LogP contribution in [0.4, 0.5) is 0 Å². The largest absolute Gasteiger partial charge is 0.508 e. The summed E-state index contributed by atoms with van der Waals surface area (Å²) >= 11 is 16.8. The third-order valence-corrected chi connectivity index (χ3v) is 2.68. The zero-order valence-corrected chi connectivity index (χ0v) is 11.0. The molecule has 17 heavy (non-hydrogen) atoms. The number of hydrogen-bond acceptors (Lipinski definition) is 2. The second kappa shape index (κ2) is 5.80. The van der Waals surface area contributed by atoms with Crippen LogP contribution in [-0.4, -0.2) is 20.0 Å². The van der Waals surface area contributed by atoms with Gasteiger partial charge in [-0.15, -0.1) is 0 Å². The lowest BCUT2D eigenvalue weighted by atomic mass is 9.97. The molecule has 1 unspecified atom stereocenters. The number of carboxylic acids is 1. The second-order valence-corrected chi connectivity index (χ2v) is 6.24. The number of phenols is 1. The summed E-state index contributed by atoms with van der Waals surface area (Å²) < 4.78 is -1.60. The van der Waals surface area contributed by atoms with E-state index in [4.69, 9.17) is 39.9 Å². The molecular formula is C11H11Cl3O3. The van der Waals surface area contributed by atoms with Crippen LogP contribution in [0.5, 0.6) is 5.75 Å². The summed E-state index contributed by atoms with van der Waals surface area (Å²) in [5, 5.41) is 18.3. The number of halogens is 3. The lowest BCUT2D eigenvalue weighted by Gasteiger charge is -2.17. The Kier molecular flexibility index (Phi) is 4.92. The molecule has 0 aromatic heterocycles. The smallest absolute Gasteiger partial charge is 0.306 e. The minimum Gasteiger partial charge on any atom is -0.508 e. The molecule has 0 fully saturated rings. The maximum Gasteiger partial charge on any atom is 0.306 e. The Morgan fingerprint density at radius 1 is 1.35 bits per heavy atom. The first-order valence-electron chi connectivity index (χ1n) is 4.85. The molecular weight excluding hydrogens is 286 g/mol. The SMILES string of the molecule is O=C(O)C(Cc1cccc(O)c1)CC(Cl)(Cl)Cl. The quantitative estimate of drug-likeness (QED) is 0.838. The Labute approximate surface area is 114 Å². The van der Waals surface area contributed by atoms with E-state index in [1.807, 2.05) is 0 Å². The van der Waals surface area contributed by atoms with E-state index < -0.39 is 15.7 Å². The molecule has 0 amide bonds. The summed E-state index contributed by atoms with van der Waals surface area (Å²) in [7, 11) is 0. The van der Waals surface area contributed by atoms with Crippen LogP contribution < -0.4 is 0 Å². The highest BCUT2D eigenvalue weighted by Gasteiger charge is 2.30. The molecule has 1 aromatic carbocycles. The molecule has 1 aromatic rings. The number of phenolic OH excluding ortho intramolecular Hbond substituents is 1. The van der Waals surface area contributed by atoms with Gasteiger partial charge in [-0.25, -0.2) is 0 Å². The van der Waals surface area contributed by atoms with E-state index in [1.165, 1.54) is 12.1 Å². The van der Waals surface area contributed by atoms with Gasteiger partial charge in [0, 0.05) is 6.42 Å². The third kappa shape index (κ3) is 5.48. The van der Waals surface area contributed by atoms with Crippen LogP contribution >= 0.6 is 34.8 Å². The first-order valence-corrected chi connectivity index (χ1v) is 5.99. The fourth-order valence-electron chi connectivity index (χ4n) is 1.49. The number of carboxylic acid groups (broad SMARTS) is 1. The van der Waals surface area contributed by atoms with Crippen molar-refractivity contribution in [2.45, 2.75) is 16.6 Å². The molecule has 94 valence electrons. The van der Waals surface area contributed by atoms with Gasteiger partial charge < -0.3 is 10.2 Å². The Balaban J connectivity index is 2.77. The second-order valence-electron chi connectivity index (χ2n) is 3.73. The molecule has 0 aliphatic carbocycles. The van der Waals surface area contributed by atoms with E-state index in [2.05, 4.69) is 0 Å². The van der Waals surface area contributed by atoms with Crippen molar-refractivity contribution in [2.75, 3.05) is 0 Å². The Morgan fingerprint density at radius 2 is 2.00 bits per heavy atom. The molecule has 2 N–H and O–H groups in total. The predicted octanol–water partition coefficient (Wildman–Crippen LogP) is 3.40. The number of carbonyl (C=O) groups is 1. The monoisotopic (exact) mass is 296 g/mol. The van der Waals surface area contributed by atoms with Crippen molar-refractivity contribution < 1.29 is 15.0 Å². The molecule has 6 heteroatoms. The first-order chi connectivity index (χ1) is 7.78. The van der Waals surface area contributed by atoms with Gasteiger partial charge in [-0.1, -0.05) is 46.9 Å². The minimum absolute atomic E-state index is 0.0807. The highest BCUT2D eigenvalue weighted by Crippen LogP contribution is 2.34. The highest BCUT2D eigenvalue weighted by atomic mass is 35.6. The van der Waals surface area contributed by atoms with Gasteiger partial charge in [-0.2, -0.15) is 0 Å². The highest BCUT2D eigenvalue weighted by molar-refractivity contribution is 6.67. The Bertz CT molecular complexity index is 401. The summed E-state index contributed by atoms with van der Waals surface area (Å²) in [6.07, 6.45) is 0.125. The molecule has 0 aliphatic heterocycles. The fourth-order valence-corrected chi connectivity index (χ4v) is 2.05. The molecule has 1 rings (SSSR count). The Hall–Kier alpha value is -0.640. The van der Waals surface area contributed by atoms with Crippen LogP contribution in [0.15, 0.2) is 24.3 Å². The molecule has 1 atom stereocenters. The molecule has 0 heterocycles. The maximum absolute atomic E-state index is 11.0. The Morgan fingerprint density at radius 3 is 2.47 bits per heavy atom. The molecule has 0 spiro atoms. The normalized spacial score (nSPS) is 13.4. The number of rotatable bonds is 4. The molecule has 0 saturated heterocycles. The number of alkyl halides is 3. The van der Waals surface area contributed by atoms with Gasteiger partial charge in [-0.05, 0) is 24.1 Å². The van der Waals surface area contributed by atoms with Crippen LogP contribution in [-0.2, 0) is 11.2 Å². The number of hydrogen-bond donors (Lipinski definition) is 2. The first kappa shape index (κ1) is 14.4. The predicted molar refractivity (Wildman–Crippen MR) is 67.8 cm³/mol. The van der Waals surface area contributed by atoms with Crippen molar-refractivity contribution in [3.05, 3.63) is 29.8 Å². The van der Waals surface area contributed by atoms with E-state index in [1.54, 1.807) is 12.1 Å². The summed E-state index contributed by atoms with van der Waals surface area (Å²) in [6, 6.07) is 6.36. The molecule has 0 bridgehead atoms. The van der Waals surface area contributed by atoms with Crippen molar-refractivity contribution >= 4 is 40.8 Å². The lowest BCUT2D eigenvalue weighted by Crippen LogP contribution is -2.22. The summed E-state index contributed by atoms with van der Waals surface area (Å²) in [5.74, 6) is -1.75. The standard InChI is InChI=1S/C11H11Cl3O3/c12-11(13,14)6-8(10(16)17)4-7-2-1-3-9(15)5-7/h1-3,5,8,15H,4,6H2,(H,16,17). The lowest BCUT2D eigenvalue weighted by molar-refractivity contribution is -0.141. The zero-order valence-electron chi connectivity index (χ0n) is 8.74. The van der Waals surface area contributed by atoms with Crippen LogP contribution in [0.2, 0.25) is 0 Å². The van der Waals surface area contributed by atoms with Gasteiger partial charge in [-0.3, -0.25) is 4.79 Å². The van der Waals surface area contributed by atoms with E-state index in [0.717, 1.165) is 0 Å². The molecule has 3 nitrogen and oxygen atoms in total. The topological polar surface area (TPSA) is 57.5 Å². The van der Waals surface area contributed by atoms with Crippen molar-refractivity contribution in [3.63, 3.8) is 0 Å². The average molecular weight is 298 g/mol. The molecule has 0 saturated carbocycles. The van der Waals surface area contributed by atoms with Crippen LogP contribution in [0.1, 0.15) is 12.0 Å². The number of aromatic hydroxyl groups is 1. The van der Waals surface area contributed by atoms with E-state index in [0.29, 0.717) is 5.56 Å². The number of benzene rings is 1. The van der Waals surface area contributed by atoms with Crippen molar-refractivity contribution in [2.24, 2.45) is 5.92 Å². The van der Waals surface area contributed by atoms with Crippen LogP contribution in [0.25, 0.3) is 0 Å². The zero-order chi connectivity index (χ0) is 13.1. The minimum atomic E-state index is -1.60. The average Bonchev–Trinajstić information content (AvgIpc) is 2.14. The third-order valence-electron chi connectivity index (χ3n) is 2.22. The maximum atomic E-state index is 11.0. The summed E-state index contributed by atoms with van der Waals surface area (Å²) in [6.45, 7) is 0.